The van der Waals surface area contributed by atoms with Gasteiger partial charge in [-0.2, -0.15) is 0 Å². The smallest absolute Gasteiger partial charge is 0.0541 e. The van der Waals surface area contributed by atoms with Gasteiger partial charge in [0.1, 0.15) is 0 Å². The third kappa shape index (κ3) is 15.0. The van der Waals surface area contributed by atoms with Crippen LogP contribution in [-0.2, 0) is 5.41 Å². The highest BCUT2D eigenvalue weighted by Crippen LogP contribution is 2.53. The highest BCUT2D eigenvalue weighted by atomic mass is 15.2. The molecule has 21 aromatic carbocycles. The minimum atomic E-state index is -0.291. The van der Waals surface area contributed by atoms with Gasteiger partial charge >= 0.3 is 0 Å². The van der Waals surface area contributed by atoms with E-state index in [0.29, 0.717) is 0 Å². The lowest BCUT2D eigenvalue weighted by molar-refractivity contribution is 0.660. The summed E-state index contributed by atoms with van der Waals surface area (Å²) in [5.41, 5.74) is 41.1. The quantitative estimate of drug-likeness (QED) is 0.0715. The van der Waals surface area contributed by atoms with E-state index in [4.69, 9.17) is 0 Å². The number of fused-ring (bicyclic) bond motifs is 9. The number of rotatable bonds is 21. The molecule has 2 aromatic heterocycles. The Morgan fingerprint density at radius 1 is 0.148 bits per heavy atom. The van der Waals surface area contributed by atoms with E-state index >= 15 is 0 Å². The first-order chi connectivity index (χ1) is 66.7. The van der Waals surface area contributed by atoms with Crippen molar-refractivity contribution < 1.29 is 0 Å². The van der Waals surface area contributed by atoms with Crippen molar-refractivity contribution in [2.24, 2.45) is 0 Å². The molecule has 0 radical (unpaired) electrons. The Morgan fingerprint density at radius 3 is 0.756 bits per heavy atom. The average molecular weight is 1730 g/mol. The number of aromatic nitrogens is 2. The molecule has 0 atom stereocenters. The fourth-order valence-corrected chi connectivity index (χ4v) is 20.5. The highest BCUT2D eigenvalue weighted by molar-refractivity contribution is 6.12. The Hall–Kier alpha value is -17.6. The summed E-state index contributed by atoms with van der Waals surface area (Å²) in [5, 5.41) is 4.96. The first-order valence-electron chi connectivity index (χ1n) is 46.5. The summed E-state index contributed by atoms with van der Waals surface area (Å²) in [6.07, 6.45) is 0. The van der Waals surface area contributed by atoms with Gasteiger partial charge in [-0.05, 0) is 312 Å². The fourth-order valence-electron chi connectivity index (χ4n) is 20.5. The highest BCUT2D eigenvalue weighted by Gasteiger charge is 2.37. The van der Waals surface area contributed by atoms with Crippen LogP contribution in [0.3, 0.4) is 0 Å². The molecule has 1 aliphatic carbocycles. The molecule has 23 aromatic rings. The molecule has 0 saturated carbocycles. The average Bonchev–Trinajstić information content (AvgIpc) is 1.60. The van der Waals surface area contributed by atoms with Gasteiger partial charge in [0.05, 0.1) is 22.1 Å². The minimum absolute atomic E-state index is 0.291. The van der Waals surface area contributed by atoms with Crippen LogP contribution < -0.4 is 19.6 Å². The van der Waals surface area contributed by atoms with E-state index in [0.717, 1.165) is 124 Å². The lowest BCUT2D eigenvalue weighted by Crippen LogP contribution is -2.16. The third-order valence-corrected chi connectivity index (χ3v) is 27.3. The number of hydrogen-bond donors (Lipinski definition) is 0. The Kier molecular flexibility index (Phi) is 20.5. The van der Waals surface area contributed by atoms with Crippen LogP contribution in [0.5, 0.6) is 0 Å². The monoisotopic (exact) mass is 1720 g/mol. The third-order valence-electron chi connectivity index (χ3n) is 27.3. The van der Waals surface area contributed by atoms with Crippen molar-refractivity contribution in [3.63, 3.8) is 0 Å². The van der Waals surface area contributed by atoms with Gasteiger partial charge < -0.3 is 28.7 Å². The van der Waals surface area contributed by atoms with Crippen LogP contribution in [0.1, 0.15) is 25.0 Å². The molecule has 0 fully saturated rings. The molecule has 0 amide bonds. The van der Waals surface area contributed by atoms with Crippen LogP contribution in [0.25, 0.3) is 144 Å². The number of benzene rings is 21. The number of nitrogens with zero attached hydrogens (tertiary/aromatic N) is 6. The first kappa shape index (κ1) is 80.7. The van der Waals surface area contributed by atoms with Crippen molar-refractivity contribution in [3.8, 4) is 100 Å². The van der Waals surface area contributed by atoms with E-state index in [1.807, 2.05) is 0 Å². The zero-order valence-electron chi connectivity index (χ0n) is 74.8. The van der Waals surface area contributed by atoms with Gasteiger partial charge in [-0.25, -0.2) is 0 Å². The Bertz CT molecular complexity index is 8270. The standard InChI is InChI=1S/C129H92N6/c1-129(2)123-81-62-102(85-120(123)117-80-79-116(88-124(117)129)132(105-33-15-6-16-34-105)112-71-56-95(57-72-112)93-52-69-110(70-53-93)131(104-31-13-5-14-32-104)111-77-60-98(61-78-111)101-64-83-128-122(87-101)119-41-22-24-43-126(119)135(128)107-37-19-8-20-38-107)99-28-25-39-115(84-99)133(114-75-58-96(59-76-114)94-50-67-109(68-51-94)130(103-29-11-4-12-30-103)108-65-48-91(49-66-108)89-26-9-3-10-27-89)113-73-54-92(55-74-113)90-44-46-97(47-45-90)100-63-82-127-121(86-100)118-40-21-23-42-125(118)134(127)106-35-17-7-18-36-106/h3-88H,1-2H3. The molecule has 0 unspecified atom stereocenters. The Balaban J connectivity index is 0.517. The summed E-state index contributed by atoms with van der Waals surface area (Å²) >= 11 is 0. The Labute approximate surface area is 787 Å². The van der Waals surface area contributed by atoms with Crippen LogP contribution in [-0.4, -0.2) is 9.13 Å². The predicted molar refractivity (Wildman–Crippen MR) is 569 cm³/mol. The summed E-state index contributed by atoms with van der Waals surface area (Å²) < 4.78 is 4.75. The predicted octanol–water partition coefficient (Wildman–Crippen LogP) is 35.7. The van der Waals surface area contributed by atoms with Gasteiger partial charge in [-0.15, -0.1) is 0 Å². The molecule has 0 aliphatic heterocycles. The molecular weight excluding hydrogens is 1630 g/mol. The topological polar surface area (TPSA) is 22.8 Å². The molecule has 6 nitrogen and oxygen atoms in total. The van der Waals surface area contributed by atoms with Crippen molar-refractivity contribution >= 4 is 112 Å². The van der Waals surface area contributed by atoms with Gasteiger partial charge in [-0.3, -0.25) is 0 Å². The molecular formula is C129H92N6. The van der Waals surface area contributed by atoms with E-state index < -0.39 is 0 Å². The summed E-state index contributed by atoms with van der Waals surface area (Å²) in [4.78, 5) is 9.48. The van der Waals surface area contributed by atoms with Gasteiger partial charge in [0.25, 0.3) is 0 Å². The number of anilines is 12. The molecule has 2 heterocycles. The van der Waals surface area contributed by atoms with E-state index in [1.54, 1.807) is 0 Å². The molecule has 1 aliphatic rings. The summed E-state index contributed by atoms with van der Waals surface area (Å²) in [6.45, 7) is 4.77. The van der Waals surface area contributed by atoms with Crippen molar-refractivity contribution in [1.82, 2.24) is 9.13 Å². The molecule has 0 N–H and O–H groups in total. The van der Waals surface area contributed by atoms with Crippen LogP contribution in [0.15, 0.2) is 522 Å². The lowest BCUT2D eigenvalue weighted by Gasteiger charge is -2.28. The van der Waals surface area contributed by atoms with Gasteiger partial charge in [0.15, 0.2) is 0 Å². The van der Waals surface area contributed by atoms with E-state index in [9.17, 15) is 0 Å². The van der Waals surface area contributed by atoms with Crippen molar-refractivity contribution in [2.45, 2.75) is 19.3 Å². The zero-order valence-corrected chi connectivity index (χ0v) is 74.8. The maximum atomic E-state index is 2.44. The van der Waals surface area contributed by atoms with Gasteiger partial charge in [0, 0.05) is 107 Å². The molecule has 24 rings (SSSR count). The van der Waals surface area contributed by atoms with E-state index in [2.05, 4.69) is 564 Å². The second-order valence-electron chi connectivity index (χ2n) is 35.6. The summed E-state index contributed by atoms with van der Waals surface area (Å²) in [5.74, 6) is 0. The van der Waals surface area contributed by atoms with Crippen LogP contribution in [0.4, 0.5) is 68.2 Å². The molecule has 135 heavy (non-hydrogen) atoms. The Morgan fingerprint density at radius 2 is 0.385 bits per heavy atom. The molecule has 0 spiro atoms. The zero-order chi connectivity index (χ0) is 89.9. The normalized spacial score (nSPS) is 12.0. The van der Waals surface area contributed by atoms with E-state index in [-0.39, 0.29) is 5.41 Å². The van der Waals surface area contributed by atoms with Gasteiger partial charge in [-0.1, -0.05) is 323 Å². The SMILES string of the molecule is CC1(C)c2ccc(-c3cccc(N(c4ccc(-c5ccc(-c6ccc7c(c6)c6ccccc6n7-c6ccccc6)cc5)cc4)c4ccc(-c5ccc(N(c6ccccc6)c6ccc(-c7ccccc7)cc6)cc5)cc4)c3)cc2-c2ccc(N(c3ccccc3)c3ccc(-c4ccc(N(c5ccccc5)c5ccc(-c6ccc7c(c6)c6ccccc6n7-c6ccccc6)cc5)cc4)cc3)cc21. The largest absolute Gasteiger partial charge is 0.311 e. The van der Waals surface area contributed by atoms with Crippen LogP contribution >= 0.6 is 0 Å². The molecule has 6 heteroatoms. The first-order valence-corrected chi connectivity index (χ1v) is 46.5. The molecule has 0 saturated heterocycles. The summed E-state index contributed by atoms with van der Waals surface area (Å²) in [7, 11) is 0. The molecule has 638 valence electrons. The number of hydrogen-bond acceptors (Lipinski definition) is 4. The van der Waals surface area contributed by atoms with Gasteiger partial charge in [0.2, 0.25) is 0 Å². The van der Waals surface area contributed by atoms with Crippen LogP contribution in [0.2, 0.25) is 0 Å². The van der Waals surface area contributed by atoms with Crippen molar-refractivity contribution in [2.75, 3.05) is 19.6 Å². The number of para-hydroxylation sites is 7. The van der Waals surface area contributed by atoms with Crippen molar-refractivity contribution in [3.05, 3.63) is 533 Å². The van der Waals surface area contributed by atoms with Crippen molar-refractivity contribution in [1.29, 1.82) is 0 Å². The maximum Gasteiger partial charge on any atom is 0.0541 e. The van der Waals surface area contributed by atoms with E-state index in [1.165, 1.54) is 99.2 Å². The fraction of sp³-hybridized carbons (Fsp3) is 0.0233. The summed E-state index contributed by atoms with van der Waals surface area (Å²) in [6, 6.07) is 191. The molecule has 0 bridgehead atoms. The second kappa shape index (κ2) is 34.4. The van der Waals surface area contributed by atoms with Crippen LogP contribution in [0, 0.1) is 0 Å². The second-order valence-corrected chi connectivity index (χ2v) is 35.6. The maximum absolute atomic E-state index is 2.44. The lowest BCUT2D eigenvalue weighted by atomic mass is 9.82. The minimum Gasteiger partial charge on any atom is -0.311 e.